The molecule has 28 heavy (non-hydrogen) atoms. The molecule has 1 amide bonds. The Hall–Kier alpha value is -2.41. The summed E-state index contributed by atoms with van der Waals surface area (Å²) >= 11 is 1.76. The van der Waals surface area contributed by atoms with Crippen molar-refractivity contribution >= 4 is 32.6 Å². The first-order valence-corrected chi connectivity index (χ1v) is 10.7. The Morgan fingerprint density at radius 3 is 2.89 bits per heavy atom. The number of benzene rings is 1. The molecule has 6 nitrogen and oxygen atoms in total. The van der Waals surface area contributed by atoms with Crippen molar-refractivity contribution in [1.29, 1.82) is 0 Å². The number of thiazole rings is 1. The standard InChI is InChI=1S/C21H27N5OS/c1-14(2)17-8-5-9-18-19(17)23-21(28-18)26-10-6-7-16(13-26)25(4)20(27)15-11-22-24(3)12-15/h5,8-9,11-12,14,16H,6-7,10,13H2,1-4H3. The van der Waals surface area contributed by atoms with Gasteiger partial charge >= 0.3 is 0 Å². The summed E-state index contributed by atoms with van der Waals surface area (Å²) in [7, 11) is 3.73. The molecule has 7 heteroatoms. The average molecular weight is 398 g/mol. The van der Waals surface area contributed by atoms with Crippen LogP contribution in [0.2, 0.25) is 0 Å². The Balaban J connectivity index is 1.54. The van der Waals surface area contributed by atoms with Gasteiger partial charge in [-0.2, -0.15) is 5.10 Å². The first-order chi connectivity index (χ1) is 13.4. The molecule has 0 N–H and O–H groups in total. The number of carbonyl (C=O) groups excluding carboxylic acids is 1. The van der Waals surface area contributed by atoms with Crippen LogP contribution in [-0.2, 0) is 7.05 Å². The Kier molecular flexibility index (Phi) is 5.10. The molecular formula is C21H27N5OS. The lowest BCUT2D eigenvalue weighted by Gasteiger charge is -2.37. The van der Waals surface area contributed by atoms with Gasteiger partial charge in [0.05, 0.1) is 22.0 Å². The maximum absolute atomic E-state index is 12.8. The zero-order chi connectivity index (χ0) is 19.8. The maximum atomic E-state index is 12.8. The fourth-order valence-electron chi connectivity index (χ4n) is 3.90. The Morgan fingerprint density at radius 2 is 2.18 bits per heavy atom. The van der Waals surface area contributed by atoms with Crippen molar-refractivity contribution in [1.82, 2.24) is 19.7 Å². The predicted octanol–water partition coefficient (Wildman–Crippen LogP) is 3.89. The third-order valence-electron chi connectivity index (χ3n) is 5.55. The van der Waals surface area contributed by atoms with E-state index in [1.54, 1.807) is 28.4 Å². The summed E-state index contributed by atoms with van der Waals surface area (Å²) in [6.07, 6.45) is 5.49. The second kappa shape index (κ2) is 7.54. The summed E-state index contributed by atoms with van der Waals surface area (Å²) in [5.74, 6) is 0.488. The number of amides is 1. The van der Waals surface area contributed by atoms with Gasteiger partial charge in [-0.15, -0.1) is 0 Å². The normalized spacial score (nSPS) is 17.5. The largest absolute Gasteiger partial charge is 0.346 e. The van der Waals surface area contributed by atoms with E-state index in [1.165, 1.54) is 10.3 Å². The molecule has 1 unspecified atom stereocenters. The fraction of sp³-hybridized carbons (Fsp3) is 0.476. The first-order valence-electron chi connectivity index (χ1n) is 9.84. The topological polar surface area (TPSA) is 54.3 Å². The number of hydrogen-bond donors (Lipinski definition) is 0. The highest BCUT2D eigenvalue weighted by molar-refractivity contribution is 7.22. The third-order valence-corrected chi connectivity index (χ3v) is 6.63. The number of rotatable bonds is 4. The molecule has 3 heterocycles. The number of nitrogens with zero attached hydrogens (tertiary/aromatic N) is 5. The highest BCUT2D eigenvalue weighted by Crippen LogP contribution is 2.34. The van der Waals surface area contributed by atoms with E-state index >= 15 is 0 Å². The van der Waals surface area contributed by atoms with Crippen LogP contribution < -0.4 is 4.90 Å². The van der Waals surface area contributed by atoms with E-state index in [1.807, 2.05) is 19.0 Å². The number of aryl methyl sites for hydroxylation is 1. The van der Waals surface area contributed by atoms with E-state index in [-0.39, 0.29) is 11.9 Å². The zero-order valence-corrected chi connectivity index (χ0v) is 17.7. The van der Waals surface area contributed by atoms with E-state index < -0.39 is 0 Å². The highest BCUT2D eigenvalue weighted by atomic mass is 32.1. The number of para-hydroxylation sites is 1. The molecule has 4 rings (SSSR count). The van der Waals surface area contributed by atoms with Crippen LogP contribution in [0.4, 0.5) is 5.13 Å². The number of anilines is 1. The fourth-order valence-corrected chi connectivity index (χ4v) is 4.94. The maximum Gasteiger partial charge on any atom is 0.257 e. The number of likely N-dealkylation sites (N-methyl/N-ethyl adjacent to an activating group) is 1. The van der Waals surface area contributed by atoms with Crippen molar-refractivity contribution in [2.75, 3.05) is 25.0 Å². The molecule has 0 saturated carbocycles. The van der Waals surface area contributed by atoms with Crippen LogP contribution >= 0.6 is 11.3 Å². The van der Waals surface area contributed by atoms with Crippen LogP contribution in [0.15, 0.2) is 30.6 Å². The Bertz CT molecular complexity index is 992. The van der Waals surface area contributed by atoms with Gasteiger partial charge in [-0.1, -0.05) is 37.3 Å². The molecular weight excluding hydrogens is 370 g/mol. The van der Waals surface area contributed by atoms with E-state index in [2.05, 4.69) is 42.0 Å². The highest BCUT2D eigenvalue weighted by Gasteiger charge is 2.28. The molecule has 2 aromatic heterocycles. The lowest BCUT2D eigenvalue weighted by atomic mass is 10.0. The van der Waals surface area contributed by atoms with Crippen LogP contribution in [0.25, 0.3) is 10.2 Å². The average Bonchev–Trinajstić information content (AvgIpc) is 3.32. The quantitative estimate of drug-likeness (QED) is 0.670. The van der Waals surface area contributed by atoms with Gasteiger partial charge in [-0.25, -0.2) is 4.98 Å². The lowest BCUT2D eigenvalue weighted by molar-refractivity contribution is 0.0717. The van der Waals surface area contributed by atoms with Crippen molar-refractivity contribution in [3.05, 3.63) is 41.7 Å². The predicted molar refractivity (Wildman–Crippen MR) is 114 cm³/mol. The van der Waals surface area contributed by atoms with Gasteiger partial charge in [0.2, 0.25) is 0 Å². The minimum Gasteiger partial charge on any atom is -0.346 e. The van der Waals surface area contributed by atoms with Gasteiger partial charge < -0.3 is 9.80 Å². The number of carbonyl (C=O) groups is 1. The van der Waals surface area contributed by atoms with Crippen LogP contribution in [0.5, 0.6) is 0 Å². The molecule has 1 saturated heterocycles. The summed E-state index contributed by atoms with van der Waals surface area (Å²) in [6, 6.07) is 6.63. The number of fused-ring (bicyclic) bond motifs is 1. The van der Waals surface area contributed by atoms with Gasteiger partial charge in [0.25, 0.3) is 5.91 Å². The van der Waals surface area contributed by atoms with E-state index in [0.29, 0.717) is 11.5 Å². The molecule has 0 aliphatic carbocycles. The first kappa shape index (κ1) is 18.9. The van der Waals surface area contributed by atoms with Gasteiger partial charge in [-0.05, 0) is 30.4 Å². The van der Waals surface area contributed by atoms with Crippen LogP contribution in [0.3, 0.4) is 0 Å². The zero-order valence-electron chi connectivity index (χ0n) is 16.9. The minimum atomic E-state index is 0.0337. The second-order valence-corrected chi connectivity index (χ2v) is 8.92. The van der Waals surface area contributed by atoms with Crippen molar-refractivity contribution in [3.8, 4) is 0 Å². The Morgan fingerprint density at radius 1 is 1.36 bits per heavy atom. The molecule has 1 aliphatic rings. The Labute approximate surface area is 169 Å². The molecule has 1 aromatic carbocycles. The molecule has 0 bridgehead atoms. The molecule has 1 atom stereocenters. The van der Waals surface area contributed by atoms with Crippen LogP contribution in [0, 0.1) is 0 Å². The number of hydrogen-bond acceptors (Lipinski definition) is 5. The molecule has 3 aromatic rings. The third kappa shape index (κ3) is 3.51. The van der Waals surface area contributed by atoms with Crippen LogP contribution in [-0.4, -0.2) is 51.8 Å². The van der Waals surface area contributed by atoms with Crippen molar-refractivity contribution < 1.29 is 4.79 Å². The summed E-state index contributed by atoms with van der Waals surface area (Å²) in [5, 5.41) is 5.19. The van der Waals surface area contributed by atoms with Gasteiger partial charge in [-0.3, -0.25) is 9.48 Å². The summed E-state index contributed by atoms with van der Waals surface area (Å²) < 4.78 is 2.91. The summed E-state index contributed by atoms with van der Waals surface area (Å²) in [4.78, 5) is 22.0. The molecule has 1 fully saturated rings. The van der Waals surface area contributed by atoms with E-state index in [9.17, 15) is 4.79 Å². The number of piperidine rings is 1. The van der Waals surface area contributed by atoms with Crippen molar-refractivity contribution in [2.45, 2.75) is 38.6 Å². The SMILES string of the molecule is CC(C)c1cccc2sc(N3CCCC(N(C)C(=O)c4cnn(C)c4)C3)nc12. The molecule has 1 aliphatic heterocycles. The van der Waals surface area contributed by atoms with Gasteiger partial charge in [0, 0.05) is 39.4 Å². The molecule has 0 spiro atoms. The lowest BCUT2D eigenvalue weighted by Crippen LogP contribution is -2.48. The summed E-state index contributed by atoms with van der Waals surface area (Å²) in [5.41, 5.74) is 3.07. The van der Waals surface area contributed by atoms with Gasteiger partial charge in [0.15, 0.2) is 5.13 Å². The monoisotopic (exact) mass is 397 g/mol. The van der Waals surface area contributed by atoms with Crippen molar-refractivity contribution in [3.63, 3.8) is 0 Å². The van der Waals surface area contributed by atoms with Crippen LogP contribution in [0.1, 0.15) is 48.5 Å². The molecule has 0 radical (unpaired) electrons. The molecule has 148 valence electrons. The minimum absolute atomic E-state index is 0.0337. The van der Waals surface area contributed by atoms with Gasteiger partial charge in [0.1, 0.15) is 0 Å². The summed E-state index contributed by atoms with van der Waals surface area (Å²) in [6.45, 7) is 6.23. The van der Waals surface area contributed by atoms with E-state index in [0.717, 1.165) is 36.6 Å². The van der Waals surface area contributed by atoms with Crippen molar-refractivity contribution in [2.24, 2.45) is 7.05 Å². The van der Waals surface area contributed by atoms with E-state index in [4.69, 9.17) is 4.98 Å². The smallest absolute Gasteiger partial charge is 0.257 e. The second-order valence-electron chi connectivity index (χ2n) is 7.91. The number of aromatic nitrogens is 3.